The smallest absolute Gasteiger partial charge is 0.191 e. The molecule has 0 aromatic carbocycles. The molecule has 0 saturated carbocycles. The quantitative estimate of drug-likeness (QED) is 0.630. The normalized spacial score (nSPS) is 18.7. The lowest BCUT2D eigenvalue weighted by atomic mass is 9.96. The summed E-state index contributed by atoms with van der Waals surface area (Å²) in [6.45, 7) is 6.88. The van der Waals surface area contributed by atoms with E-state index < -0.39 is 0 Å². The van der Waals surface area contributed by atoms with E-state index in [0.717, 1.165) is 27.4 Å². The SMILES string of the molecule is C/C(Cl)=C/CSc1nc(N)c2c3c(sc2n1)COC(C(C)C)C3. The molecule has 2 N–H and O–H groups in total. The Kier molecular flexibility index (Phi) is 5.16. The molecule has 0 aliphatic carbocycles. The van der Waals surface area contributed by atoms with Crippen LogP contribution in [0.5, 0.6) is 0 Å². The largest absolute Gasteiger partial charge is 0.383 e. The number of hydrogen-bond acceptors (Lipinski definition) is 6. The topological polar surface area (TPSA) is 61.0 Å². The Balaban J connectivity index is 1.93. The second kappa shape index (κ2) is 6.97. The first kappa shape index (κ1) is 17.0. The van der Waals surface area contributed by atoms with E-state index in [1.165, 1.54) is 10.4 Å². The summed E-state index contributed by atoms with van der Waals surface area (Å²) in [5.74, 6) is 1.80. The summed E-state index contributed by atoms with van der Waals surface area (Å²) in [6.07, 6.45) is 3.07. The van der Waals surface area contributed by atoms with Crippen molar-refractivity contribution in [1.82, 2.24) is 9.97 Å². The number of ether oxygens (including phenoxy) is 1. The molecule has 0 spiro atoms. The second-order valence-electron chi connectivity index (χ2n) is 5.97. The Morgan fingerprint density at radius 2 is 2.30 bits per heavy atom. The number of thioether (sulfide) groups is 1. The average Bonchev–Trinajstić information content (AvgIpc) is 2.84. The molecule has 2 aromatic rings. The molecule has 1 unspecified atom stereocenters. The summed E-state index contributed by atoms with van der Waals surface area (Å²) in [4.78, 5) is 11.3. The molecular formula is C16H20ClN3OS2. The molecule has 7 heteroatoms. The molecule has 1 aliphatic heterocycles. The van der Waals surface area contributed by atoms with E-state index >= 15 is 0 Å². The fraction of sp³-hybridized carbons (Fsp3) is 0.500. The Labute approximate surface area is 149 Å². The highest BCUT2D eigenvalue weighted by Gasteiger charge is 2.27. The second-order valence-corrected chi connectivity index (χ2v) is 8.64. The van der Waals surface area contributed by atoms with E-state index in [1.54, 1.807) is 23.1 Å². The predicted molar refractivity (Wildman–Crippen MR) is 99.3 cm³/mol. The molecule has 124 valence electrons. The number of thiophene rings is 1. The predicted octanol–water partition coefficient (Wildman–Crippen LogP) is 4.61. The van der Waals surface area contributed by atoms with Gasteiger partial charge in [-0.05, 0) is 18.4 Å². The summed E-state index contributed by atoms with van der Waals surface area (Å²) < 4.78 is 5.95. The summed E-state index contributed by atoms with van der Waals surface area (Å²) in [6, 6.07) is 0. The molecule has 2 aromatic heterocycles. The van der Waals surface area contributed by atoms with E-state index in [1.807, 2.05) is 13.0 Å². The van der Waals surface area contributed by atoms with Crippen molar-refractivity contribution in [2.45, 2.75) is 45.1 Å². The van der Waals surface area contributed by atoms with Gasteiger partial charge < -0.3 is 10.5 Å². The number of anilines is 1. The highest BCUT2D eigenvalue weighted by atomic mass is 35.5. The Morgan fingerprint density at radius 3 is 3.00 bits per heavy atom. The van der Waals surface area contributed by atoms with Crippen molar-refractivity contribution >= 4 is 50.7 Å². The maximum Gasteiger partial charge on any atom is 0.191 e. The number of nitrogen functional groups attached to an aromatic ring is 1. The third-order valence-corrected chi connectivity index (χ3v) is 5.92. The van der Waals surface area contributed by atoms with Crippen LogP contribution in [0.25, 0.3) is 10.2 Å². The van der Waals surface area contributed by atoms with Gasteiger partial charge in [0.2, 0.25) is 0 Å². The molecule has 1 aliphatic rings. The number of rotatable bonds is 4. The van der Waals surface area contributed by atoms with Gasteiger partial charge in [0.25, 0.3) is 0 Å². The van der Waals surface area contributed by atoms with Gasteiger partial charge in [-0.2, -0.15) is 0 Å². The summed E-state index contributed by atoms with van der Waals surface area (Å²) in [7, 11) is 0. The molecule has 23 heavy (non-hydrogen) atoms. The number of nitrogens with two attached hydrogens (primary N) is 1. The lowest BCUT2D eigenvalue weighted by Gasteiger charge is -2.26. The molecule has 3 rings (SSSR count). The summed E-state index contributed by atoms with van der Waals surface area (Å²) in [5.41, 5.74) is 7.52. The number of halogens is 1. The average molecular weight is 370 g/mol. The van der Waals surface area contributed by atoms with Gasteiger partial charge in [-0.3, -0.25) is 0 Å². The minimum atomic E-state index is 0.241. The highest BCUT2D eigenvalue weighted by Crippen LogP contribution is 2.39. The van der Waals surface area contributed by atoms with Crippen LogP contribution in [0, 0.1) is 5.92 Å². The first-order chi connectivity index (χ1) is 11.0. The van der Waals surface area contributed by atoms with Crippen LogP contribution in [0.3, 0.4) is 0 Å². The number of allylic oxidation sites excluding steroid dienone is 1. The first-order valence-corrected chi connectivity index (χ1v) is 9.78. The van der Waals surface area contributed by atoms with Crippen molar-refractivity contribution in [2.24, 2.45) is 5.92 Å². The molecule has 4 nitrogen and oxygen atoms in total. The number of nitrogens with zero attached hydrogens (tertiary/aromatic N) is 2. The summed E-state index contributed by atoms with van der Waals surface area (Å²) in [5, 5.41) is 2.49. The molecule has 0 fully saturated rings. The zero-order valence-corrected chi connectivity index (χ0v) is 15.8. The van der Waals surface area contributed by atoms with Crippen molar-refractivity contribution in [3.63, 3.8) is 0 Å². The lowest BCUT2D eigenvalue weighted by Crippen LogP contribution is -2.26. The van der Waals surface area contributed by atoms with Gasteiger partial charge in [-0.15, -0.1) is 11.3 Å². The number of fused-ring (bicyclic) bond motifs is 3. The minimum absolute atomic E-state index is 0.241. The van der Waals surface area contributed by atoms with Gasteiger partial charge in [0.1, 0.15) is 10.6 Å². The van der Waals surface area contributed by atoms with Crippen LogP contribution in [0.15, 0.2) is 16.3 Å². The van der Waals surface area contributed by atoms with Crippen LogP contribution in [0.2, 0.25) is 0 Å². The first-order valence-electron chi connectivity index (χ1n) is 7.60. The van der Waals surface area contributed by atoms with Crippen molar-refractivity contribution in [3.05, 3.63) is 21.5 Å². The van der Waals surface area contributed by atoms with E-state index in [4.69, 9.17) is 22.1 Å². The van der Waals surface area contributed by atoms with Crippen LogP contribution < -0.4 is 5.73 Å². The van der Waals surface area contributed by atoms with Crippen LogP contribution in [-0.4, -0.2) is 21.8 Å². The van der Waals surface area contributed by atoms with Crippen LogP contribution >= 0.6 is 34.7 Å². The molecule has 0 bridgehead atoms. The van der Waals surface area contributed by atoms with Crippen LogP contribution in [0.4, 0.5) is 5.82 Å². The Hall–Kier alpha value is -0.820. The maximum absolute atomic E-state index is 6.24. The Morgan fingerprint density at radius 1 is 1.52 bits per heavy atom. The standard InChI is InChI=1S/C16H20ClN3OS2/c1-8(2)11-6-10-12(7-21-11)23-15-13(10)14(18)19-16(20-15)22-5-4-9(3)17/h4,8,11H,5-7H2,1-3H3,(H2,18,19,20)/b9-4-. The summed E-state index contributed by atoms with van der Waals surface area (Å²) >= 11 is 9.06. The van der Waals surface area contributed by atoms with Crippen molar-refractivity contribution in [2.75, 3.05) is 11.5 Å². The molecule has 0 radical (unpaired) electrons. The van der Waals surface area contributed by atoms with Crippen LogP contribution in [0.1, 0.15) is 31.2 Å². The molecule has 0 saturated heterocycles. The van der Waals surface area contributed by atoms with Crippen molar-refractivity contribution < 1.29 is 4.74 Å². The third-order valence-electron chi connectivity index (χ3n) is 3.90. The minimum Gasteiger partial charge on any atom is -0.383 e. The van der Waals surface area contributed by atoms with Crippen molar-refractivity contribution in [1.29, 1.82) is 0 Å². The van der Waals surface area contributed by atoms with E-state index in [-0.39, 0.29) is 6.10 Å². The van der Waals surface area contributed by atoms with Crippen molar-refractivity contribution in [3.8, 4) is 0 Å². The monoisotopic (exact) mass is 369 g/mol. The molecule has 0 amide bonds. The number of aromatic nitrogens is 2. The number of hydrogen-bond donors (Lipinski definition) is 1. The lowest BCUT2D eigenvalue weighted by molar-refractivity contribution is 0.00203. The zero-order valence-electron chi connectivity index (χ0n) is 13.4. The van der Waals surface area contributed by atoms with E-state index in [0.29, 0.717) is 23.5 Å². The fourth-order valence-corrected chi connectivity index (χ4v) is 4.77. The van der Waals surface area contributed by atoms with E-state index in [9.17, 15) is 0 Å². The van der Waals surface area contributed by atoms with Gasteiger partial charge in [-0.1, -0.05) is 43.3 Å². The molecule has 3 heterocycles. The van der Waals surface area contributed by atoms with E-state index in [2.05, 4.69) is 23.8 Å². The zero-order chi connectivity index (χ0) is 16.6. The highest BCUT2D eigenvalue weighted by molar-refractivity contribution is 7.99. The fourth-order valence-electron chi connectivity index (χ4n) is 2.61. The molecule has 1 atom stereocenters. The third kappa shape index (κ3) is 3.65. The van der Waals surface area contributed by atoms with Gasteiger partial charge >= 0.3 is 0 Å². The van der Waals surface area contributed by atoms with Gasteiger partial charge in [0.15, 0.2) is 5.16 Å². The van der Waals surface area contributed by atoms with Crippen LogP contribution in [-0.2, 0) is 17.8 Å². The maximum atomic E-state index is 6.24. The molecular weight excluding hydrogens is 350 g/mol. The van der Waals surface area contributed by atoms with Gasteiger partial charge in [0, 0.05) is 22.1 Å². The van der Waals surface area contributed by atoms with Gasteiger partial charge in [0.05, 0.1) is 18.1 Å². The Bertz CT molecular complexity index is 753. The van der Waals surface area contributed by atoms with Gasteiger partial charge in [-0.25, -0.2) is 9.97 Å².